The molecule has 11 heteroatoms. The van der Waals surface area contributed by atoms with Gasteiger partial charge in [-0.2, -0.15) is 0 Å². The first kappa shape index (κ1) is 24.9. The minimum Gasteiger partial charge on any atom is -0.493 e. The molecule has 174 valence electrons. The molecule has 0 aromatic heterocycles. The Balaban J connectivity index is 1.78. The van der Waals surface area contributed by atoms with Crippen molar-refractivity contribution in [2.45, 2.75) is 24.7 Å². The molecule has 1 saturated heterocycles. The van der Waals surface area contributed by atoms with Gasteiger partial charge in [-0.3, -0.25) is 14.5 Å². The highest BCUT2D eigenvalue weighted by atomic mass is 32.2. The van der Waals surface area contributed by atoms with E-state index in [-0.39, 0.29) is 29.7 Å². The highest BCUT2D eigenvalue weighted by molar-refractivity contribution is 7.89. The summed E-state index contributed by atoms with van der Waals surface area (Å²) in [4.78, 5) is 28.0. The van der Waals surface area contributed by atoms with Crippen LogP contribution in [0.4, 0.5) is 0 Å². The first-order chi connectivity index (χ1) is 14.8. The summed E-state index contributed by atoms with van der Waals surface area (Å²) in [6, 6.07) is 4.31. The van der Waals surface area contributed by atoms with Gasteiger partial charge in [0.05, 0.1) is 25.7 Å². The van der Waals surface area contributed by atoms with Crippen molar-refractivity contribution in [1.29, 1.82) is 0 Å². The van der Waals surface area contributed by atoms with Crippen molar-refractivity contribution < 1.29 is 27.5 Å². The van der Waals surface area contributed by atoms with Crippen LogP contribution in [0, 0.1) is 0 Å². The summed E-state index contributed by atoms with van der Waals surface area (Å²) in [6.07, 6.45) is 0.952. The Morgan fingerprint density at radius 2 is 1.71 bits per heavy atom. The first-order valence-electron chi connectivity index (χ1n) is 10.3. The van der Waals surface area contributed by atoms with E-state index in [1.807, 2.05) is 11.8 Å². The maximum absolute atomic E-state index is 12.5. The van der Waals surface area contributed by atoms with Gasteiger partial charge < -0.3 is 19.7 Å². The second-order valence-electron chi connectivity index (χ2n) is 7.17. The van der Waals surface area contributed by atoms with E-state index in [0.29, 0.717) is 50.8 Å². The lowest BCUT2D eigenvalue weighted by atomic mass is 10.2. The van der Waals surface area contributed by atoms with Crippen LogP contribution in [-0.4, -0.2) is 90.1 Å². The molecule has 0 unspecified atom stereocenters. The molecular formula is C20H32N4O6S. The fourth-order valence-corrected chi connectivity index (χ4v) is 4.24. The van der Waals surface area contributed by atoms with Gasteiger partial charge in [0.25, 0.3) is 0 Å². The number of nitrogens with zero attached hydrogens (tertiary/aromatic N) is 2. The Morgan fingerprint density at radius 3 is 2.32 bits per heavy atom. The number of sulfonamides is 1. The molecule has 2 amide bonds. The molecule has 0 bridgehead atoms. The Morgan fingerprint density at radius 1 is 1.03 bits per heavy atom. The Kier molecular flexibility index (Phi) is 9.53. The molecule has 31 heavy (non-hydrogen) atoms. The van der Waals surface area contributed by atoms with Crippen LogP contribution in [0.2, 0.25) is 0 Å². The predicted molar refractivity (Wildman–Crippen MR) is 116 cm³/mol. The average Bonchev–Trinajstić information content (AvgIpc) is 2.77. The molecule has 0 saturated carbocycles. The van der Waals surface area contributed by atoms with Crippen molar-refractivity contribution >= 4 is 21.8 Å². The zero-order valence-electron chi connectivity index (χ0n) is 18.3. The molecule has 1 aliphatic rings. The van der Waals surface area contributed by atoms with E-state index >= 15 is 0 Å². The van der Waals surface area contributed by atoms with E-state index in [1.54, 1.807) is 4.90 Å². The summed E-state index contributed by atoms with van der Waals surface area (Å²) in [5.41, 5.74) is 0. The molecule has 0 spiro atoms. The van der Waals surface area contributed by atoms with E-state index in [4.69, 9.17) is 9.47 Å². The maximum atomic E-state index is 12.5. The highest BCUT2D eigenvalue weighted by Crippen LogP contribution is 2.29. The lowest BCUT2D eigenvalue weighted by Crippen LogP contribution is -2.51. The van der Waals surface area contributed by atoms with Crippen LogP contribution >= 0.6 is 0 Å². The van der Waals surface area contributed by atoms with Crippen LogP contribution in [0.25, 0.3) is 0 Å². The normalized spacial score (nSPS) is 14.9. The van der Waals surface area contributed by atoms with Gasteiger partial charge in [0.1, 0.15) is 0 Å². The number of carbonyl (C=O) groups excluding carboxylic acids is 2. The Bertz CT molecular complexity index is 853. The number of hydrogen-bond donors (Lipinski definition) is 2. The van der Waals surface area contributed by atoms with E-state index in [9.17, 15) is 18.0 Å². The summed E-state index contributed by atoms with van der Waals surface area (Å²) < 4.78 is 37.7. The van der Waals surface area contributed by atoms with Crippen LogP contribution in [0.1, 0.15) is 19.8 Å². The largest absolute Gasteiger partial charge is 0.493 e. The minimum atomic E-state index is -3.78. The van der Waals surface area contributed by atoms with Crippen LogP contribution in [-0.2, 0) is 19.6 Å². The molecule has 1 aliphatic heterocycles. The molecule has 0 atom stereocenters. The molecule has 1 fully saturated rings. The molecule has 0 aliphatic carbocycles. The van der Waals surface area contributed by atoms with Gasteiger partial charge in [0.2, 0.25) is 21.8 Å². The van der Waals surface area contributed by atoms with E-state index in [1.165, 1.54) is 32.4 Å². The number of nitrogens with one attached hydrogen (secondary N) is 2. The quantitative estimate of drug-likeness (QED) is 0.483. The molecular weight excluding hydrogens is 424 g/mol. The minimum absolute atomic E-state index is 0.00481. The van der Waals surface area contributed by atoms with Crippen LogP contribution < -0.4 is 19.5 Å². The molecule has 10 nitrogen and oxygen atoms in total. The van der Waals surface area contributed by atoms with E-state index in [0.717, 1.165) is 6.42 Å². The fraction of sp³-hybridized carbons (Fsp3) is 0.600. The van der Waals surface area contributed by atoms with Crippen LogP contribution in [0.3, 0.4) is 0 Å². The fourth-order valence-electron chi connectivity index (χ4n) is 3.20. The van der Waals surface area contributed by atoms with Crippen molar-refractivity contribution in [3.63, 3.8) is 0 Å². The average molecular weight is 457 g/mol. The smallest absolute Gasteiger partial charge is 0.240 e. The second kappa shape index (κ2) is 11.9. The van der Waals surface area contributed by atoms with Gasteiger partial charge in [0, 0.05) is 51.8 Å². The van der Waals surface area contributed by atoms with Gasteiger partial charge >= 0.3 is 0 Å². The Hall–Kier alpha value is -2.37. The zero-order chi connectivity index (χ0) is 22.9. The summed E-state index contributed by atoms with van der Waals surface area (Å²) in [7, 11) is -0.886. The third kappa shape index (κ3) is 7.37. The molecule has 0 radical (unpaired) electrons. The molecule has 1 aromatic rings. The summed E-state index contributed by atoms with van der Waals surface area (Å²) >= 11 is 0. The topological polar surface area (TPSA) is 117 Å². The van der Waals surface area contributed by atoms with Crippen LogP contribution in [0.15, 0.2) is 23.1 Å². The zero-order valence-corrected chi connectivity index (χ0v) is 19.2. The number of rotatable bonds is 11. The van der Waals surface area contributed by atoms with E-state index < -0.39 is 10.0 Å². The number of carbonyl (C=O) groups is 2. The molecule has 1 heterocycles. The van der Waals surface area contributed by atoms with Crippen molar-refractivity contribution in [3.8, 4) is 11.5 Å². The van der Waals surface area contributed by atoms with Crippen LogP contribution in [0.5, 0.6) is 11.5 Å². The first-order valence-corrected chi connectivity index (χ1v) is 11.8. The number of methoxy groups -OCH3 is 2. The number of benzene rings is 1. The third-order valence-corrected chi connectivity index (χ3v) is 6.42. The molecule has 2 N–H and O–H groups in total. The highest BCUT2D eigenvalue weighted by Gasteiger charge is 2.23. The van der Waals surface area contributed by atoms with Gasteiger partial charge in [0.15, 0.2) is 11.5 Å². The number of piperazine rings is 1. The summed E-state index contributed by atoms with van der Waals surface area (Å²) in [5.74, 6) is 0.609. The summed E-state index contributed by atoms with van der Waals surface area (Å²) in [6.45, 7) is 5.24. The van der Waals surface area contributed by atoms with Gasteiger partial charge in [-0.1, -0.05) is 6.92 Å². The predicted octanol–water partition coefficient (Wildman–Crippen LogP) is 0.0426. The van der Waals surface area contributed by atoms with Gasteiger partial charge in [-0.05, 0) is 18.6 Å². The third-order valence-electron chi connectivity index (χ3n) is 4.96. The standard InChI is InChI=1S/C20H32N4O6S/c1-4-8-21-19(25)15-23-10-12-24(13-11-23)20(26)7-9-22-31(27,28)16-5-6-17(29-2)18(14-16)30-3/h5-6,14,22H,4,7-13,15H2,1-3H3,(H,21,25). The van der Waals surface area contributed by atoms with E-state index in [2.05, 4.69) is 10.0 Å². The van der Waals surface area contributed by atoms with Crippen molar-refractivity contribution in [1.82, 2.24) is 19.8 Å². The number of hydrogen-bond acceptors (Lipinski definition) is 7. The van der Waals surface area contributed by atoms with Crippen molar-refractivity contribution in [2.75, 3.05) is 60.0 Å². The van der Waals surface area contributed by atoms with Crippen molar-refractivity contribution in [2.24, 2.45) is 0 Å². The SMILES string of the molecule is CCCNC(=O)CN1CCN(C(=O)CCNS(=O)(=O)c2ccc(OC)c(OC)c2)CC1. The lowest BCUT2D eigenvalue weighted by molar-refractivity contribution is -0.133. The van der Waals surface area contributed by atoms with Gasteiger partial charge in [-0.15, -0.1) is 0 Å². The Labute approximate surface area is 183 Å². The number of ether oxygens (including phenoxy) is 2. The monoisotopic (exact) mass is 456 g/mol. The molecule has 1 aromatic carbocycles. The van der Waals surface area contributed by atoms with Gasteiger partial charge in [-0.25, -0.2) is 13.1 Å². The summed E-state index contributed by atoms with van der Waals surface area (Å²) in [5, 5.41) is 2.84. The number of amides is 2. The van der Waals surface area contributed by atoms with Crippen molar-refractivity contribution in [3.05, 3.63) is 18.2 Å². The molecule has 2 rings (SSSR count). The lowest BCUT2D eigenvalue weighted by Gasteiger charge is -2.34. The second-order valence-corrected chi connectivity index (χ2v) is 8.94. The maximum Gasteiger partial charge on any atom is 0.240 e.